The van der Waals surface area contributed by atoms with E-state index in [0.29, 0.717) is 6.61 Å². The summed E-state index contributed by atoms with van der Waals surface area (Å²) >= 11 is 0. The first-order chi connectivity index (χ1) is 9.34. The summed E-state index contributed by atoms with van der Waals surface area (Å²) in [5.41, 5.74) is 6.61. The van der Waals surface area contributed by atoms with E-state index in [-0.39, 0.29) is 6.04 Å². The molecule has 1 atom stereocenters. The van der Waals surface area contributed by atoms with Gasteiger partial charge in [0.1, 0.15) is 6.04 Å². The standard InChI is InChI=1S/C16H17NO2/c17-16(12-5-2-1-3-6-12)13-7-8-14-15(11-13)19-10-4-9-18-14/h1-3,5-8,11,16H,4,9-10,17H2/p+1/t16-/m1/s1. The molecule has 2 aromatic carbocycles. The van der Waals surface area contributed by atoms with Crippen LogP contribution in [0, 0.1) is 0 Å². The average Bonchev–Trinajstić information content (AvgIpc) is 2.72. The van der Waals surface area contributed by atoms with Crippen molar-refractivity contribution in [2.24, 2.45) is 0 Å². The summed E-state index contributed by atoms with van der Waals surface area (Å²) in [4.78, 5) is 0. The average molecular weight is 256 g/mol. The second-order valence-corrected chi connectivity index (χ2v) is 4.72. The van der Waals surface area contributed by atoms with E-state index >= 15 is 0 Å². The summed E-state index contributed by atoms with van der Waals surface area (Å²) in [6.45, 7) is 1.43. The van der Waals surface area contributed by atoms with Crippen LogP contribution in [0.15, 0.2) is 48.5 Å². The molecule has 3 N–H and O–H groups in total. The molecule has 0 aliphatic carbocycles. The molecule has 0 amide bonds. The first kappa shape index (κ1) is 12.1. The van der Waals surface area contributed by atoms with Gasteiger partial charge in [-0.2, -0.15) is 0 Å². The highest BCUT2D eigenvalue weighted by molar-refractivity contribution is 5.45. The van der Waals surface area contributed by atoms with E-state index in [4.69, 9.17) is 9.47 Å². The Hall–Kier alpha value is -2.00. The zero-order valence-electron chi connectivity index (χ0n) is 10.8. The van der Waals surface area contributed by atoms with Crippen molar-refractivity contribution in [2.45, 2.75) is 12.5 Å². The van der Waals surface area contributed by atoms with Gasteiger partial charge in [-0.3, -0.25) is 0 Å². The van der Waals surface area contributed by atoms with E-state index in [1.165, 1.54) is 5.56 Å². The molecular weight excluding hydrogens is 238 g/mol. The number of hydrogen-bond donors (Lipinski definition) is 1. The molecule has 3 heteroatoms. The number of hydrogen-bond acceptors (Lipinski definition) is 2. The third kappa shape index (κ3) is 2.56. The topological polar surface area (TPSA) is 46.1 Å². The van der Waals surface area contributed by atoms with E-state index < -0.39 is 0 Å². The van der Waals surface area contributed by atoms with Crippen molar-refractivity contribution < 1.29 is 15.2 Å². The van der Waals surface area contributed by atoms with Crippen LogP contribution in [0.3, 0.4) is 0 Å². The molecule has 0 saturated heterocycles. The van der Waals surface area contributed by atoms with E-state index in [1.54, 1.807) is 0 Å². The molecule has 0 saturated carbocycles. The number of fused-ring (bicyclic) bond motifs is 1. The predicted octanol–water partition coefficient (Wildman–Crippen LogP) is 2.18. The highest BCUT2D eigenvalue weighted by Crippen LogP contribution is 2.32. The lowest BCUT2D eigenvalue weighted by Crippen LogP contribution is -2.53. The van der Waals surface area contributed by atoms with Crippen LogP contribution in [0.25, 0.3) is 0 Å². The van der Waals surface area contributed by atoms with Crippen molar-refractivity contribution in [3.8, 4) is 11.5 Å². The molecule has 19 heavy (non-hydrogen) atoms. The van der Waals surface area contributed by atoms with E-state index in [1.807, 2.05) is 30.3 Å². The summed E-state index contributed by atoms with van der Waals surface area (Å²) in [6, 6.07) is 16.5. The zero-order valence-corrected chi connectivity index (χ0v) is 10.8. The maximum Gasteiger partial charge on any atom is 0.161 e. The second-order valence-electron chi connectivity index (χ2n) is 4.72. The van der Waals surface area contributed by atoms with Crippen LogP contribution < -0.4 is 15.2 Å². The van der Waals surface area contributed by atoms with Crippen LogP contribution in [-0.4, -0.2) is 13.2 Å². The van der Waals surface area contributed by atoms with Gasteiger partial charge in [0, 0.05) is 17.5 Å². The second kappa shape index (κ2) is 5.33. The lowest BCUT2D eigenvalue weighted by Gasteiger charge is -2.12. The van der Waals surface area contributed by atoms with E-state index in [9.17, 15) is 0 Å². The first-order valence-electron chi connectivity index (χ1n) is 6.62. The van der Waals surface area contributed by atoms with Crippen LogP contribution in [0.5, 0.6) is 11.5 Å². The van der Waals surface area contributed by atoms with Crippen molar-refractivity contribution in [1.29, 1.82) is 0 Å². The van der Waals surface area contributed by atoms with Gasteiger partial charge in [0.15, 0.2) is 11.5 Å². The van der Waals surface area contributed by atoms with E-state index in [2.05, 4.69) is 23.9 Å². The Balaban J connectivity index is 1.91. The van der Waals surface area contributed by atoms with Crippen molar-refractivity contribution >= 4 is 0 Å². The monoisotopic (exact) mass is 256 g/mol. The molecule has 98 valence electrons. The maximum absolute atomic E-state index is 5.72. The fourth-order valence-corrected chi connectivity index (χ4v) is 2.27. The number of benzene rings is 2. The molecule has 3 rings (SSSR count). The van der Waals surface area contributed by atoms with Gasteiger partial charge < -0.3 is 15.2 Å². The summed E-state index contributed by atoms with van der Waals surface area (Å²) in [5, 5.41) is 0. The molecular formula is C16H18NO2+. The van der Waals surface area contributed by atoms with Crippen molar-refractivity contribution in [2.75, 3.05) is 13.2 Å². The minimum atomic E-state index is 0.110. The van der Waals surface area contributed by atoms with Gasteiger partial charge in [-0.15, -0.1) is 0 Å². The molecule has 0 radical (unpaired) electrons. The number of rotatable bonds is 2. The minimum absolute atomic E-state index is 0.110. The fraction of sp³-hybridized carbons (Fsp3) is 0.250. The fourth-order valence-electron chi connectivity index (χ4n) is 2.27. The highest BCUT2D eigenvalue weighted by Gasteiger charge is 2.16. The van der Waals surface area contributed by atoms with Gasteiger partial charge in [-0.05, 0) is 18.2 Å². The van der Waals surface area contributed by atoms with Gasteiger partial charge in [0.2, 0.25) is 0 Å². The Labute approximate surface area is 113 Å². The Morgan fingerprint density at radius 2 is 1.58 bits per heavy atom. The highest BCUT2D eigenvalue weighted by atomic mass is 16.5. The molecule has 1 aliphatic rings. The summed E-state index contributed by atoms with van der Waals surface area (Å²) in [7, 11) is 0. The molecule has 3 nitrogen and oxygen atoms in total. The van der Waals surface area contributed by atoms with Gasteiger partial charge >= 0.3 is 0 Å². The molecule has 0 spiro atoms. The SMILES string of the molecule is [NH3+][C@H](c1ccccc1)c1ccc2c(c1)OCCCO2. The molecule has 2 aromatic rings. The van der Waals surface area contributed by atoms with Crippen molar-refractivity contribution in [1.82, 2.24) is 0 Å². The number of ether oxygens (including phenoxy) is 2. The Kier molecular flexibility index (Phi) is 3.38. The zero-order chi connectivity index (χ0) is 13.1. The van der Waals surface area contributed by atoms with Gasteiger partial charge in [-0.25, -0.2) is 0 Å². The Morgan fingerprint density at radius 1 is 0.842 bits per heavy atom. The molecule has 0 fully saturated rings. The summed E-state index contributed by atoms with van der Waals surface area (Å²) in [6.07, 6.45) is 0.927. The Morgan fingerprint density at radius 3 is 2.37 bits per heavy atom. The smallest absolute Gasteiger partial charge is 0.161 e. The maximum atomic E-state index is 5.72. The van der Waals surface area contributed by atoms with Gasteiger partial charge in [-0.1, -0.05) is 30.3 Å². The van der Waals surface area contributed by atoms with Gasteiger partial charge in [0.05, 0.1) is 13.2 Å². The van der Waals surface area contributed by atoms with Crippen LogP contribution in [0.1, 0.15) is 23.6 Å². The molecule has 0 unspecified atom stereocenters. The van der Waals surface area contributed by atoms with E-state index in [0.717, 1.165) is 30.1 Å². The lowest BCUT2D eigenvalue weighted by atomic mass is 9.99. The Bertz CT molecular complexity index is 554. The summed E-state index contributed by atoms with van der Waals surface area (Å²) < 4.78 is 11.4. The third-order valence-corrected chi connectivity index (χ3v) is 3.38. The molecule has 1 heterocycles. The van der Waals surface area contributed by atoms with Crippen molar-refractivity contribution in [3.63, 3.8) is 0 Å². The van der Waals surface area contributed by atoms with Crippen LogP contribution in [0.2, 0.25) is 0 Å². The normalized spacial score (nSPS) is 15.6. The molecule has 0 aromatic heterocycles. The minimum Gasteiger partial charge on any atom is -0.490 e. The quantitative estimate of drug-likeness (QED) is 0.895. The first-order valence-corrected chi connectivity index (χ1v) is 6.62. The number of quaternary nitrogens is 1. The van der Waals surface area contributed by atoms with Gasteiger partial charge in [0.25, 0.3) is 0 Å². The predicted molar refractivity (Wildman–Crippen MR) is 73.2 cm³/mol. The van der Waals surface area contributed by atoms with Crippen LogP contribution in [0.4, 0.5) is 0 Å². The lowest BCUT2D eigenvalue weighted by molar-refractivity contribution is -0.411. The molecule has 1 aliphatic heterocycles. The van der Waals surface area contributed by atoms with Crippen LogP contribution >= 0.6 is 0 Å². The third-order valence-electron chi connectivity index (χ3n) is 3.38. The molecule has 0 bridgehead atoms. The largest absolute Gasteiger partial charge is 0.490 e. The van der Waals surface area contributed by atoms with Crippen molar-refractivity contribution in [3.05, 3.63) is 59.7 Å². The summed E-state index contributed by atoms with van der Waals surface area (Å²) in [5.74, 6) is 1.67. The van der Waals surface area contributed by atoms with Crippen LogP contribution in [-0.2, 0) is 0 Å².